The molecule has 0 bridgehead atoms. The van der Waals surface area contributed by atoms with Gasteiger partial charge >= 0.3 is 8.56 Å². The minimum Gasteiger partial charge on any atom is -0.398 e. The maximum atomic E-state index is 13.4. The molecule has 0 aliphatic carbocycles. The number of rotatable bonds is 7. The Labute approximate surface area is 108 Å². The lowest BCUT2D eigenvalue weighted by atomic mass is 10.1. The van der Waals surface area contributed by atoms with Gasteiger partial charge in [0, 0.05) is 20.3 Å². The molecule has 1 rings (SSSR count). The van der Waals surface area contributed by atoms with E-state index in [1.54, 1.807) is 14.2 Å². The first-order chi connectivity index (χ1) is 8.50. The Hall–Kier alpha value is -0.783. The van der Waals surface area contributed by atoms with Crippen LogP contribution in [0.3, 0.4) is 0 Å². The molecule has 5 heteroatoms. The van der Waals surface area contributed by atoms with Gasteiger partial charge in [0.15, 0.2) is 0 Å². The number of halogens is 2. The molecule has 0 aliphatic heterocycles. The zero-order chi connectivity index (χ0) is 13.6. The van der Waals surface area contributed by atoms with Crippen LogP contribution in [0.4, 0.5) is 8.78 Å². The Morgan fingerprint density at radius 3 is 2.33 bits per heavy atom. The van der Waals surface area contributed by atoms with Crippen molar-refractivity contribution < 1.29 is 17.6 Å². The molecule has 0 radical (unpaired) electrons. The molecule has 102 valence electrons. The van der Waals surface area contributed by atoms with Gasteiger partial charge in [0.2, 0.25) is 0 Å². The van der Waals surface area contributed by atoms with Gasteiger partial charge in [0.05, 0.1) is 0 Å². The highest BCUT2D eigenvalue weighted by molar-refractivity contribution is 6.65. The first-order valence-corrected chi connectivity index (χ1v) is 8.57. The molecule has 0 aliphatic rings. The summed E-state index contributed by atoms with van der Waals surface area (Å²) in [6.45, 7) is 2.01. The van der Waals surface area contributed by atoms with E-state index in [-0.39, 0.29) is 0 Å². The molecule has 0 heterocycles. The molecule has 0 saturated carbocycles. The highest BCUT2D eigenvalue weighted by Gasteiger charge is 2.27. The van der Waals surface area contributed by atoms with Crippen molar-refractivity contribution in [2.45, 2.75) is 31.9 Å². The molecule has 0 aromatic heterocycles. The van der Waals surface area contributed by atoms with Crippen LogP contribution in [-0.4, -0.2) is 22.8 Å². The van der Waals surface area contributed by atoms with Gasteiger partial charge in [0.25, 0.3) is 0 Å². The molecule has 1 aromatic carbocycles. The molecule has 0 fully saturated rings. The summed E-state index contributed by atoms with van der Waals surface area (Å²) in [5.74, 6) is -0.997. The second kappa shape index (κ2) is 6.97. The summed E-state index contributed by atoms with van der Waals surface area (Å²) in [4.78, 5) is 0. The van der Waals surface area contributed by atoms with Crippen molar-refractivity contribution in [1.82, 2.24) is 0 Å². The topological polar surface area (TPSA) is 18.5 Å². The van der Waals surface area contributed by atoms with Crippen molar-refractivity contribution >= 4 is 8.56 Å². The smallest absolute Gasteiger partial charge is 0.334 e. The van der Waals surface area contributed by atoms with Crippen molar-refractivity contribution in [3.63, 3.8) is 0 Å². The fourth-order valence-electron chi connectivity index (χ4n) is 1.77. The second-order valence-electron chi connectivity index (χ2n) is 4.48. The number of hydrogen-bond donors (Lipinski definition) is 0. The molecule has 0 N–H and O–H groups in total. The van der Waals surface area contributed by atoms with Crippen LogP contribution >= 0.6 is 0 Å². The van der Waals surface area contributed by atoms with Gasteiger partial charge in [-0.05, 0) is 37.1 Å². The summed E-state index contributed by atoms with van der Waals surface area (Å²) in [5, 5.41) is 0. The lowest BCUT2D eigenvalue weighted by Gasteiger charge is -2.22. The maximum absolute atomic E-state index is 13.4. The molecule has 18 heavy (non-hydrogen) atoms. The van der Waals surface area contributed by atoms with Gasteiger partial charge in [-0.3, -0.25) is 0 Å². The van der Waals surface area contributed by atoms with Gasteiger partial charge in [-0.25, -0.2) is 8.78 Å². The fourth-order valence-corrected chi connectivity index (χ4v) is 3.24. The third-order valence-electron chi connectivity index (χ3n) is 3.21. The van der Waals surface area contributed by atoms with Crippen molar-refractivity contribution in [2.24, 2.45) is 0 Å². The Kier molecular flexibility index (Phi) is 5.91. The molecule has 0 saturated heterocycles. The minimum atomic E-state index is -2.01. The Morgan fingerprint density at radius 1 is 1.11 bits per heavy atom. The van der Waals surface area contributed by atoms with E-state index in [0.29, 0.717) is 12.0 Å². The van der Waals surface area contributed by atoms with E-state index in [2.05, 4.69) is 0 Å². The van der Waals surface area contributed by atoms with Crippen molar-refractivity contribution in [3.8, 4) is 0 Å². The van der Waals surface area contributed by atoms with Crippen LogP contribution in [-0.2, 0) is 15.3 Å². The highest BCUT2D eigenvalue weighted by atomic mass is 28.4. The number of unbranched alkanes of at least 4 members (excludes halogenated alkanes) is 1. The van der Waals surface area contributed by atoms with Crippen LogP contribution in [0.5, 0.6) is 0 Å². The highest BCUT2D eigenvalue weighted by Crippen LogP contribution is 2.18. The van der Waals surface area contributed by atoms with Crippen molar-refractivity contribution in [1.29, 1.82) is 0 Å². The molecular formula is C13H20F2O2Si. The SMILES string of the molecule is CO[Si](C)(CCCCc1ccc(F)cc1F)OC. The van der Waals surface area contributed by atoms with Crippen molar-refractivity contribution in [3.05, 3.63) is 35.4 Å². The zero-order valence-corrected chi connectivity index (χ0v) is 12.1. The fraction of sp³-hybridized carbons (Fsp3) is 0.538. The number of hydrogen-bond acceptors (Lipinski definition) is 2. The maximum Gasteiger partial charge on any atom is 0.334 e. The van der Waals surface area contributed by atoms with Gasteiger partial charge in [-0.1, -0.05) is 12.5 Å². The van der Waals surface area contributed by atoms with Crippen LogP contribution in [0.15, 0.2) is 18.2 Å². The lowest BCUT2D eigenvalue weighted by molar-refractivity contribution is 0.248. The van der Waals surface area contributed by atoms with Crippen LogP contribution in [0, 0.1) is 11.6 Å². The molecular weight excluding hydrogens is 254 g/mol. The van der Waals surface area contributed by atoms with E-state index >= 15 is 0 Å². The number of aryl methyl sites for hydroxylation is 1. The molecule has 0 amide bonds. The van der Waals surface area contributed by atoms with E-state index < -0.39 is 20.2 Å². The Balaban J connectivity index is 2.38. The van der Waals surface area contributed by atoms with Crippen LogP contribution in [0.25, 0.3) is 0 Å². The van der Waals surface area contributed by atoms with Gasteiger partial charge in [-0.2, -0.15) is 0 Å². The molecule has 0 unspecified atom stereocenters. The van der Waals surface area contributed by atoms with E-state index in [1.807, 2.05) is 6.55 Å². The predicted molar refractivity (Wildman–Crippen MR) is 69.7 cm³/mol. The van der Waals surface area contributed by atoms with E-state index in [9.17, 15) is 8.78 Å². The number of benzene rings is 1. The predicted octanol–water partition coefficient (Wildman–Crippen LogP) is 3.65. The summed E-state index contributed by atoms with van der Waals surface area (Å²) in [6, 6.07) is 4.61. The summed E-state index contributed by atoms with van der Waals surface area (Å²) < 4.78 is 36.8. The standard InChI is InChI=1S/C13H20F2O2Si/c1-16-18(3,17-2)9-5-4-6-11-7-8-12(14)10-13(11)15/h7-8,10H,4-6,9H2,1-3H3. The van der Waals surface area contributed by atoms with Gasteiger partial charge in [-0.15, -0.1) is 0 Å². The van der Waals surface area contributed by atoms with Crippen LogP contribution in [0.1, 0.15) is 18.4 Å². The second-order valence-corrected chi connectivity index (χ2v) is 8.07. The molecule has 0 spiro atoms. The average Bonchev–Trinajstić information content (AvgIpc) is 2.36. The van der Waals surface area contributed by atoms with E-state index in [4.69, 9.17) is 8.85 Å². The van der Waals surface area contributed by atoms with Crippen LogP contribution < -0.4 is 0 Å². The van der Waals surface area contributed by atoms with Crippen molar-refractivity contribution in [2.75, 3.05) is 14.2 Å². The quantitative estimate of drug-likeness (QED) is 0.558. The summed E-state index contributed by atoms with van der Waals surface area (Å²) in [6.07, 6.45) is 2.38. The van der Waals surface area contributed by atoms with Gasteiger partial charge < -0.3 is 8.85 Å². The zero-order valence-electron chi connectivity index (χ0n) is 11.1. The minimum absolute atomic E-state index is 0.464. The molecule has 0 atom stereocenters. The lowest BCUT2D eigenvalue weighted by Crippen LogP contribution is -2.35. The largest absolute Gasteiger partial charge is 0.398 e. The summed E-state index contributed by atoms with van der Waals surface area (Å²) in [5.41, 5.74) is 0.564. The first kappa shape index (κ1) is 15.3. The Bertz CT molecular complexity index is 381. The first-order valence-electron chi connectivity index (χ1n) is 6.05. The Morgan fingerprint density at radius 2 is 1.78 bits per heavy atom. The third kappa shape index (κ3) is 4.47. The average molecular weight is 274 g/mol. The monoisotopic (exact) mass is 274 g/mol. The summed E-state index contributed by atoms with van der Waals surface area (Å²) in [7, 11) is 1.31. The van der Waals surface area contributed by atoms with E-state index in [0.717, 1.165) is 25.0 Å². The summed E-state index contributed by atoms with van der Waals surface area (Å²) >= 11 is 0. The molecule has 2 nitrogen and oxygen atoms in total. The third-order valence-corrected chi connectivity index (χ3v) is 6.19. The molecule has 1 aromatic rings. The van der Waals surface area contributed by atoms with Crippen LogP contribution in [0.2, 0.25) is 12.6 Å². The normalized spacial score (nSPS) is 11.8. The van der Waals surface area contributed by atoms with Gasteiger partial charge in [0.1, 0.15) is 11.6 Å². The van der Waals surface area contributed by atoms with E-state index in [1.165, 1.54) is 12.1 Å².